The molecule has 0 aliphatic carbocycles. The molecule has 0 N–H and O–H groups in total. The van der Waals surface area contributed by atoms with Gasteiger partial charge in [0.25, 0.3) is 0 Å². The molecular weight excluding hydrogens is 294 g/mol. The summed E-state index contributed by atoms with van der Waals surface area (Å²) in [6.07, 6.45) is 0. The van der Waals surface area contributed by atoms with E-state index in [0.29, 0.717) is 5.69 Å². The van der Waals surface area contributed by atoms with Crippen LogP contribution in [-0.2, 0) is 11.3 Å². The number of carbonyl (C=O) groups excluding carboxylic acids is 1. The number of esters is 1. The lowest BCUT2D eigenvalue weighted by molar-refractivity contribution is 0.0589. The van der Waals surface area contributed by atoms with Crippen molar-refractivity contribution in [2.75, 3.05) is 7.11 Å². The lowest BCUT2D eigenvalue weighted by atomic mass is 10.1. The van der Waals surface area contributed by atoms with E-state index in [4.69, 9.17) is 4.74 Å². The third kappa shape index (κ3) is 2.34. The van der Waals surface area contributed by atoms with Crippen molar-refractivity contribution >= 4 is 21.9 Å². The van der Waals surface area contributed by atoms with Crippen LogP contribution in [0.4, 0.5) is 0 Å². The van der Waals surface area contributed by atoms with Crippen LogP contribution in [0.2, 0.25) is 0 Å². The highest BCUT2D eigenvalue weighted by Crippen LogP contribution is 2.25. The number of ether oxygens (including phenoxy) is 1. The lowest BCUT2D eigenvalue weighted by Gasteiger charge is -2.10. The number of methoxy groups -OCH3 is 1. The molecule has 94 valence electrons. The third-order valence-electron chi connectivity index (χ3n) is 2.81. The summed E-state index contributed by atoms with van der Waals surface area (Å²) in [6, 6.07) is 11.7. The molecule has 2 rings (SSSR count). The predicted molar refractivity (Wildman–Crippen MR) is 74.6 cm³/mol. The van der Waals surface area contributed by atoms with E-state index in [1.807, 2.05) is 41.8 Å². The van der Waals surface area contributed by atoms with Gasteiger partial charge < -0.3 is 9.30 Å². The molecule has 1 aromatic heterocycles. The number of hydrogen-bond acceptors (Lipinski definition) is 2. The van der Waals surface area contributed by atoms with Crippen molar-refractivity contribution in [1.29, 1.82) is 0 Å². The van der Waals surface area contributed by atoms with Crippen LogP contribution < -0.4 is 0 Å². The number of nitrogens with zero attached hydrogens (tertiary/aromatic N) is 1. The zero-order valence-electron chi connectivity index (χ0n) is 10.3. The monoisotopic (exact) mass is 307 g/mol. The average molecular weight is 308 g/mol. The molecule has 0 radical (unpaired) electrons. The van der Waals surface area contributed by atoms with Gasteiger partial charge in [-0.2, -0.15) is 0 Å². The van der Waals surface area contributed by atoms with E-state index in [-0.39, 0.29) is 5.97 Å². The zero-order valence-corrected chi connectivity index (χ0v) is 11.9. The third-order valence-corrected chi connectivity index (χ3v) is 3.31. The molecule has 1 heterocycles. The Morgan fingerprint density at radius 1 is 1.33 bits per heavy atom. The standard InChI is InChI=1S/C14H14BrNO2/c1-3-16-12(7-8-13(16)14(17)18-2)10-5-4-6-11(15)9-10/h4-9H,3H2,1-2H3. The van der Waals surface area contributed by atoms with E-state index in [2.05, 4.69) is 15.9 Å². The maximum absolute atomic E-state index is 11.7. The van der Waals surface area contributed by atoms with Gasteiger partial charge in [0, 0.05) is 16.7 Å². The van der Waals surface area contributed by atoms with Crippen LogP contribution in [0, 0.1) is 0 Å². The van der Waals surface area contributed by atoms with Gasteiger partial charge in [-0.25, -0.2) is 4.79 Å². The van der Waals surface area contributed by atoms with E-state index in [1.54, 1.807) is 6.07 Å². The number of benzene rings is 1. The fourth-order valence-corrected chi connectivity index (χ4v) is 2.39. The SMILES string of the molecule is CCn1c(C(=O)OC)ccc1-c1cccc(Br)c1. The first-order valence-electron chi connectivity index (χ1n) is 5.71. The van der Waals surface area contributed by atoms with Crippen LogP contribution in [0.3, 0.4) is 0 Å². The molecule has 0 atom stereocenters. The molecule has 0 aliphatic heterocycles. The van der Waals surface area contributed by atoms with Gasteiger partial charge in [-0.1, -0.05) is 28.1 Å². The first-order chi connectivity index (χ1) is 8.67. The normalized spacial score (nSPS) is 10.4. The largest absolute Gasteiger partial charge is 0.464 e. The minimum Gasteiger partial charge on any atom is -0.464 e. The van der Waals surface area contributed by atoms with E-state index < -0.39 is 0 Å². The Morgan fingerprint density at radius 3 is 2.72 bits per heavy atom. The van der Waals surface area contributed by atoms with E-state index in [1.165, 1.54) is 7.11 Å². The first kappa shape index (κ1) is 12.9. The molecular formula is C14H14BrNO2. The first-order valence-corrected chi connectivity index (χ1v) is 6.50. The second-order valence-corrected chi connectivity index (χ2v) is 4.77. The minimum atomic E-state index is -0.307. The highest BCUT2D eigenvalue weighted by atomic mass is 79.9. The van der Waals surface area contributed by atoms with Gasteiger partial charge in [0.1, 0.15) is 5.69 Å². The van der Waals surface area contributed by atoms with Crippen molar-refractivity contribution in [3.8, 4) is 11.3 Å². The second-order valence-electron chi connectivity index (χ2n) is 3.85. The number of aromatic nitrogens is 1. The van der Waals surface area contributed by atoms with Crippen molar-refractivity contribution in [2.24, 2.45) is 0 Å². The van der Waals surface area contributed by atoms with Crippen molar-refractivity contribution in [3.63, 3.8) is 0 Å². The maximum Gasteiger partial charge on any atom is 0.354 e. The summed E-state index contributed by atoms with van der Waals surface area (Å²) in [5, 5.41) is 0. The Labute approximate surface area is 115 Å². The van der Waals surface area contributed by atoms with E-state index >= 15 is 0 Å². The van der Waals surface area contributed by atoms with Crippen LogP contribution >= 0.6 is 15.9 Å². The smallest absolute Gasteiger partial charge is 0.354 e. The summed E-state index contributed by atoms with van der Waals surface area (Å²) in [5.41, 5.74) is 2.66. The van der Waals surface area contributed by atoms with Gasteiger partial charge >= 0.3 is 5.97 Å². The number of halogens is 1. The average Bonchev–Trinajstić information content (AvgIpc) is 2.81. The molecule has 0 amide bonds. The highest BCUT2D eigenvalue weighted by molar-refractivity contribution is 9.10. The molecule has 0 bridgehead atoms. The summed E-state index contributed by atoms with van der Waals surface area (Å²) in [7, 11) is 1.40. The summed E-state index contributed by atoms with van der Waals surface area (Å²) >= 11 is 3.45. The summed E-state index contributed by atoms with van der Waals surface area (Å²) in [4.78, 5) is 11.7. The lowest BCUT2D eigenvalue weighted by Crippen LogP contribution is -2.10. The van der Waals surface area contributed by atoms with Crippen LogP contribution in [0.15, 0.2) is 40.9 Å². The Bertz CT molecular complexity index is 575. The van der Waals surface area contributed by atoms with Gasteiger partial charge in [0.15, 0.2) is 0 Å². The van der Waals surface area contributed by atoms with Crippen molar-refractivity contribution in [3.05, 3.63) is 46.6 Å². The maximum atomic E-state index is 11.7. The van der Waals surface area contributed by atoms with Gasteiger partial charge in [-0.3, -0.25) is 0 Å². The van der Waals surface area contributed by atoms with Crippen LogP contribution in [0.25, 0.3) is 11.3 Å². The molecule has 2 aromatic rings. The summed E-state index contributed by atoms with van der Waals surface area (Å²) in [6.45, 7) is 2.73. The Hall–Kier alpha value is -1.55. The van der Waals surface area contributed by atoms with E-state index in [0.717, 1.165) is 22.3 Å². The molecule has 0 fully saturated rings. The van der Waals surface area contributed by atoms with Gasteiger partial charge in [0.2, 0.25) is 0 Å². The molecule has 3 nitrogen and oxygen atoms in total. The highest BCUT2D eigenvalue weighted by Gasteiger charge is 2.15. The molecule has 0 unspecified atom stereocenters. The Kier molecular flexibility index (Phi) is 3.87. The van der Waals surface area contributed by atoms with Crippen LogP contribution in [-0.4, -0.2) is 17.6 Å². The second kappa shape index (κ2) is 5.40. The molecule has 18 heavy (non-hydrogen) atoms. The van der Waals surface area contributed by atoms with Crippen molar-refractivity contribution in [2.45, 2.75) is 13.5 Å². The summed E-state index contributed by atoms with van der Waals surface area (Å²) in [5.74, 6) is -0.307. The van der Waals surface area contributed by atoms with Crippen LogP contribution in [0.5, 0.6) is 0 Å². The molecule has 0 saturated heterocycles. The topological polar surface area (TPSA) is 31.2 Å². The van der Waals surface area contributed by atoms with Gasteiger partial charge in [-0.15, -0.1) is 0 Å². The Morgan fingerprint density at radius 2 is 2.11 bits per heavy atom. The minimum absolute atomic E-state index is 0.307. The summed E-state index contributed by atoms with van der Waals surface area (Å²) < 4.78 is 7.75. The molecule has 0 aliphatic rings. The fraction of sp³-hybridized carbons (Fsp3) is 0.214. The Balaban J connectivity index is 2.52. The molecule has 4 heteroatoms. The van der Waals surface area contributed by atoms with Crippen molar-refractivity contribution < 1.29 is 9.53 Å². The number of hydrogen-bond donors (Lipinski definition) is 0. The van der Waals surface area contributed by atoms with Crippen LogP contribution in [0.1, 0.15) is 17.4 Å². The molecule has 0 spiro atoms. The fourth-order valence-electron chi connectivity index (χ4n) is 1.99. The number of carbonyl (C=O) groups is 1. The zero-order chi connectivity index (χ0) is 13.1. The van der Waals surface area contributed by atoms with E-state index in [9.17, 15) is 4.79 Å². The number of rotatable bonds is 3. The van der Waals surface area contributed by atoms with Gasteiger partial charge in [-0.05, 0) is 36.8 Å². The predicted octanol–water partition coefficient (Wildman–Crippen LogP) is 3.72. The molecule has 1 aromatic carbocycles. The van der Waals surface area contributed by atoms with Crippen molar-refractivity contribution in [1.82, 2.24) is 4.57 Å². The molecule has 0 saturated carbocycles. The van der Waals surface area contributed by atoms with Gasteiger partial charge in [0.05, 0.1) is 7.11 Å². The quantitative estimate of drug-likeness (QED) is 0.809.